The summed E-state index contributed by atoms with van der Waals surface area (Å²) in [6, 6.07) is 25.3. The molecule has 4 amide bonds. The van der Waals surface area contributed by atoms with Crippen LogP contribution in [0, 0.1) is 6.92 Å². The number of pyridine rings is 1. The molecule has 1 aliphatic rings. The molecule has 1 aromatic heterocycles. The monoisotopic (exact) mass is 667 g/mol. The lowest BCUT2D eigenvalue weighted by Gasteiger charge is -2.30. The maximum absolute atomic E-state index is 13.2. The summed E-state index contributed by atoms with van der Waals surface area (Å²) in [6.45, 7) is 2.72. The minimum atomic E-state index is -5.08. The normalized spacial score (nSPS) is 15.6. The first-order valence-electron chi connectivity index (χ1n) is 14.5. The fraction of sp³-hybridized carbons (Fsp3) is 0.242. The Morgan fingerprint density at radius 2 is 1.62 bits per heavy atom. The van der Waals surface area contributed by atoms with Gasteiger partial charge in [-0.15, -0.1) is 0 Å². The molecule has 12 nitrogen and oxygen atoms in total. The molecule has 15 heteroatoms. The lowest BCUT2D eigenvalue weighted by atomic mass is 9.93. The number of hydrogen-bond donors (Lipinski definition) is 5. The summed E-state index contributed by atoms with van der Waals surface area (Å²) in [7, 11) is 0. The Hall–Kier alpha value is -5.70. The number of halogens is 3. The quantitative estimate of drug-likeness (QED) is 0.128. The van der Waals surface area contributed by atoms with E-state index in [4.69, 9.17) is 19.8 Å². The van der Waals surface area contributed by atoms with Crippen molar-refractivity contribution < 1.29 is 47.4 Å². The van der Waals surface area contributed by atoms with Gasteiger partial charge in [0.25, 0.3) is 5.91 Å². The van der Waals surface area contributed by atoms with E-state index >= 15 is 0 Å². The van der Waals surface area contributed by atoms with Crippen LogP contribution in [-0.4, -0.2) is 68.8 Å². The number of hydroxylamine groups is 1. The van der Waals surface area contributed by atoms with E-state index in [1.54, 1.807) is 46.8 Å². The third-order valence-electron chi connectivity index (χ3n) is 7.35. The molecule has 5 rings (SSSR count). The second-order valence-electron chi connectivity index (χ2n) is 11.0. The molecule has 252 valence electrons. The predicted octanol–water partition coefficient (Wildman–Crippen LogP) is 5.06. The Bertz CT molecular complexity index is 1770. The number of nitrogens with zero attached hydrogens (tertiary/aromatic N) is 2. The van der Waals surface area contributed by atoms with E-state index in [9.17, 15) is 27.6 Å². The molecule has 0 radical (unpaired) electrons. The SMILES string of the molecule is Cc1cc(COc2ccc(C(=O)NC3(CC(=O)NO)CCN(C(=O)Nc4ccccc4)C3)cc2)c2ccccc2n1.O=C(O)C(F)(F)F. The number of benzene rings is 3. The number of aromatic nitrogens is 1. The Kier molecular flexibility index (Phi) is 11.2. The zero-order chi connectivity index (χ0) is 34.9. The summed E-state index contributed by atoms with van der Waals surface area (Å²) in [5, 5.41) is 23.1. The largest absolute Gasteiger partial charge is 0.490 e. The lowest BCUT2D eigenvalue weighted by Crippen LogP contribution is -2.53. The van der Waals surface area contributed by atoms with E-state index < -0.39 is 29.5 Å². The van der Waals surface area contributed by atoms with Gasteiger partial charge < -0.3 is 25.4 Å². The number of urea groups is 1. The first kappa shape index (κ1) is 35.2. The number of nitrogens with one attached hydrogen (secondary N) is 3. The second-order valence-corrected chi connectivity index (χ2v) is 11.0. The minimum Gasteiger partial charge on any atom is -0.489 e. The number of para-hydroxylation sites is 2. The minimum absolute atomic E-state index is 0.103. The molecule has 0 aliphatic carbocycles. The number of carboxylic acid groups (broad SMARTS) is 1. The highest BCUT2D eigenvalue weighted by Gasteiger charge is 2.43. The maximum atomic E-state index is 13.2. The number of aryl methyl sites for hydroxylation is 1. The van der Waals surface area contributed by atoms with Crippen molar-refractivity contribution in [3.05, 3.63) is 102 Å². The number of carbonyl (C=O) groups excluding carboxylic acids is 3. The van der Waals surface area contributed by atoms with E-state index in [1.165, 1.54) is 0 Å². The molecule has 0 spiro atoms. The molecule has 1 unspecified atom stereocenters. The molecular formula is C33H32F3N5O7. The first-order chi connectivity index (χ1) is 22.8. The van der Waals surface area contributed by atoms with Gasteiger partial charge in [-0.2, -0.15) is 13.2 Å². The number of likely N-dealkylation sites (tertiary alicyclic amines) is 1. The van der Waals surface area contributed by atoms with Gasteiger partial charge in [0.1, 0.15) is 12.4 Å². The highest BCUT2D eigenvalue weighted by atomic mass is 19.4. The molecule has 0 saturated carbocycles. The van der Waals surface area contributed by atoms with Crippen molar-refractivity contribution in [1.29, 1.82) is 0 Å². The van der Waals surface area contributed by atoms with Crippen molar-refractivity contribution in [2.24, 2.45) is 0 Å². The van der Waals surface area contributed by atoms with Crippen molar-refractivity contribution in [3.63, 3.8) is 0 Å². The summed E-state index contributed by atoms with van der Waals surface area (Å²) in [5.74, 6) is -3.21. The van der Waals surface area contributed by atoms with E-state index in [2.05, 4.69) is 15.6 Å². The summed E-state index contributed by atoms with van der Waals surface area (Å²) in [4.78, 5) is 53.2. The van der Waals surface area contributed by atoms with Crippen molar-refractivity contribution in [2.45, 2.75) is 38.1 Å². The third kappa shape index (κ3) is 9.42. The standard InChI is InChI=1S/C31H31N5O5.C2HF3O2/c1-21-17-23(26-9-5-6-10-27(26)32-21)19-41-25-13-11-22(12-14-25)29(38)34-31(18-28(37)35-40)15-16-36(20-31)30(39)33-24-7-3-2-4-8-24;3-2(4,5)1(6)7/h2-14,17,40H,15-16,18-20H2,1H3,(H,33,39)(H,34,38)(H,35,37);(H,6,7). The fourth-order valence-corrected chi connectivity index (χ4v) is 5.10. The summed E-state index contributed by atoms with van der Waals surface area (Å²) in [6.07, 6.45) is -4.93. The lowest BCUT2D eigenvalue weighted by molar-refractivity contribution is -0.192. The molecule has 4 aromatic rings. The number of anilines is 1. The smallest absolute Gasteiger partial charge is 0.489 e. The van der Waals surface area contributed by atoms with Crippen LogP contribution in [-0.2, 0) is 16.2 Å². The summed E-state index contributed by atoms with van der Waals surface area (Å²) in [5.41, 5.74) is 4.43. The van der Waals surface area contributed by atoms with Gasteiger partial charge in [-0.3, -0.25) is 19.8 Å². The predicted molar refractivity (Wildman–Crippen MR) is 167 cm³/mol. The number of ether oxygens (including phenoxy) is 1. The number of carboxylic acids is 1. The van der Waals surface area contributed by atoms with Gasteiger partial charge in [-0.05, 0) is 61.9 Å². The molecule has 1 fully saturated rings. The van der Waals surface area contributed by atoms with Crippen molar-refractivity contribution in [1.82, 2.24) is 20.7 Å². The van der Waals surface area contributed by atoms with Crippen molar-refractivity contribution >= 4 is 40.4 Å². The van der Waals surface area contributed by atoms with Crippen molar-refractivity contribution in [2.75, 3.05) is 18.4 Å². The highest BCUT2D eigenvalue weighted by molar-refractivity contribution is 5.96. The molecule has 48 heavy (non-hydrogen) atoms. The van der Waals surface area contributed by atoms with Gasteiger partial charge in [-0.1, -0.05) is 36.4 Å². The molecule has 2 heterocycles. The van der Waals surface area contributed by atoms with E-state index in [0.29, 0.717) is 36.6 Å². The van der Waals surface area contributed by atoms with E-state index in [0.717, 1.165) is 22.2 Å². The molecule has 0 bridgehead atoms. The molecule has 1 atom stereocenters. The number of amides is 4. The van der Waals surface area contributed by atoms with Crippen LogP contribution in [0.15, 0.2) is 84.9 Å². The maximum Gasteiger partial charge on any atom is 0.490 e. The van der Waals surface area contributed by atoms with Crippen LogP contribution < -0.4 is 20.9 Å². The average molecular weight is 668 g/mol. The number of fused-ring (bicyclic) bond motifs is 1. The van der Waals surface area contributed by atoms with Gasteiger partial charge in [0.15, 0.2) is 0 Å². The van der Waals surface area contributed by atoms with Crippen molar-refractivity contribution in [3.8, 4) is 5.75 Å². The third-order valence-corrected chi connectivity index (χ3v) is 7.35. The van der Waals surface area contributed by atoms with E-state index in [-0.39, 0.29) is 19.0 Å². The van der Waals surface area contributed by atoms with E-state index in [1.807, 2.05) is 55.5 Å². The van der Waals surface area contributed by atoms with Gasteiger partial charge >= 0.3 is 18.2 Å². The Morgan fingerprint density at radius 1 is 0.979 bits per heavy atom. The Labute approximate surface area is 272 Å². The number of aliphatic carboxylic acids is 1. The van der Waals surface area contributed by atoms with Crippen LogP contribution in [0.1, 0.15) is 34.5 Å². The van der Waals surface area contributed by atoms with Crippen LogP contribution in [0.25, 0.3) is 10.9 Å². The number of alkyl halides is 3. The van der Waals surface area contributed by atoms with Crippen LogP contribution >= 0.6 is 0 Å². The molecule has 5 N–H and O–H groups in total. The number of hydrogen-bond acceptors (Lipinski definition) is 7. The van der Waals surface area contributed by atoms with Gasteiger partial charge in [0.05, 0.1) is 17.5 Å². The Balaban J connectivity index is 0.000000671. The van der Waals surface area contributed by atoms with Gasteiger partial charge in [0.2, 0.25) is 5.91 Å². The Morgan fingerprint density at radius 3 is 2.27 bits per heavy atom. The molecule has 3 aromatic carbocycles. The second kappa shape index (κ2) is 15.3. The topological polar surface area (TPSA) is 170 Å². The summed E-state index contributed by atoms with van der Waals surface area (Å²) >= 11 is 0. The zero-order valence-corrected chi connectivity index (χ0v) is 25.6. The van der Waals surface area contributed by atoms with Crippen LogP contribution in [0.4, 0.5) is 23.7 Å². The molecular weight excluding hydrogens is 635 g/mol. The van der Waals surface area contributed by atoms with Gasteiger partial charge in [0, 0.05) is 41.0 Å². The van der Waals surface area contributed by atoms with Crippen LogP contribution in [0.3, 0.4) is 0 Å². The zero-order valence-electron chi connectivity index (χ0n) is 25.6. The summed E-state index contributed by atoms with van der Waals surface area (Å²) < 4.78 is 37.7. The molecule has 1 aliphatic heterocycles. The average Bonchev–Trinajstić information content (AvgIpc) is 3.47. The number of carbonyl (C=O) groups is 4. The van der Waals surface area contributed by atoms with Gasteiger partial charge in [-0.25, -0.2) is 15.1 Å². The molecule has 1 saturated heterocycles. The first-order valence-corrected chi connectivity index (χ1v) is 14.5. The fourth-order valence-electron chi connectivity index (χ4n) is 5.10. The number of rotatable bonds is 8. The van der Waals surface area contributed by atoms with Crippen LogP contribution in [0.2, 0.25) is 0 Å². The van der Waals surface area contributed by atoms with Crippen LogP contribution in [0.5, 0.6) is 5.75 Å². The highest BCUT2D eigenvalue weighted by Crippen LogP contribution is 2.27.